The number of likely N-dealkylation sites (tertiary alicyclic amines) is 1. The second kappa shape index (κ2) is 9.11. The molecular formula is C17H26ClN3O2. The highest BCUT2D eigenvalue weighted by molar-refractivity contribution is 6.30. The lowest BCUT2D eigenvalue weighted by Gasteiger charge is -2.28. The van der Waals surface area contributed by atoms with Crippen LogP contribution < -0.4 is 10.6 Å². The molecule has 1 aliphatic rings. The van der Waals surface area contributed by atoms with Gasteiger partial charge in [0, 0.05) is 18.1 Å². The Bertz CT molecular complexity index is 504. The largest absolute Gasteiger partial charge is 0.393 e. The number of nitrogens with zero attached hydrogens (tertiary/aromatic N) is 1. The van der Waals surface area contributed by atoms with E-state index in [0.29, 0.717) is 24.5 Å². The molecule has 3 N–H and O–H groups in total. The summed E-state index contributed by atoms with van der Waals surface area (Å²) in [5.74, 6) is 0. The molecule has 23 heavy (non-hydrogen) atoms. The molecule has 1 fully saturated rings. The molecule has 2 amide bonds. The molecule has 0 bridgehead atoms. The summed E-state index contributed by atoms with van der Waals surface area (Å²) in [6.45, 7) is 4.81. The first-order valence-electron chi connectivity index (χ1n) is 8.25. The standard InChI is InChI=1S/C17H26ClN3O2/c1-13(22)7-8-19-17(23)20-12-16(21-9-2-3-10-21)14-5-4-6-15(18)11-14/h4-6,11,13,16,22H,2-3,7-10,12H2,1H3,(H2,19,20,23). The number of rotatable bonds is 7. The summed E-state index contributed by atoms with van der Waals surface area (Å²) in [7, 11) is 0. The Morgan fingerprint density at radius 1 is 1.35 bits per heavy atom. The van der Waals surface area contributed by atoms with Gasteiger partial charge in [-0.2, -0.15) is 0 Å². The van der Waals surface area contributed by atoms with E-state index < -0.39 is 6.10 Å². The number of urea groups is 1. The Hall–Kier alpha value is -1.30. The van der Waals surface area contributed by atoms with Gasteiger partial charge in [-0.25, -0.2) is 4.79 Å². The lowest BCUT2D eigenvalue weighted by Crippen LogP contribution is -2.42. The summed E-state index contributed by atoms with van der Waals surface area (Å²) in [5.41, 5.74) is 1.13. The number of hydrogen-bond donors (Lipinski definition) is 3. The summed E-state index contributed by atoms with van der Waals surface area (Å²) in [6.07, 6.45) is 2.53. The van der Waals surface area contributed by atoms with Crippen LogP contribution in [0.3, 0.4) is 0 Å². The smallest absolute Gasteiger partial charge is 0.314 e. The van der Waals surface area contributed by atoms with Gasteiger partial charge in [0.05, 0.1) is 12.1 Å². The van der Waals surface area contributed by atoms with Gasteiger partial charge in [0.15, 0.2) is 0 Å². The molecule has 1 aromatic carbocycles. The van der Waals surface area contributed by atoms with E-state index in [9.17, 15) is 9.90 Å². The first-order valence-corrected chi connectivity index (χ1v) is 8.63. The molecule has 0 aliphatic carbocycles. The van der Waals surface area contributed by atoms with Crippen molar-refractivity contribution in [1.29, 1.82) is 0 Å². The number of carbonyl (C=O) groups excluding carboxylic acids is 1. The number of nitrogens with one attached hydrogen (secondary N) is 2. The molecule has 2 atom stereocenters. The minimum Gasteiger partial charge on any atom is -0.393 e. The third kappa shape index (κ3) is 6.01. The van der Waals surface area contributed by atoms with Crippen LogP contribution in [-0.4, -0.2) is 48.3 Å². The first-order chi connectivity index (χ1) is 11.1. The van der Waals surface area contributed by atoms with Crippen molar-refractivity contribution in [3.05, 3.63) is 34.9 Å². The van der Waals surface area contributed by atoms with Gasteiger partial charge in [0.2, 0.25) is 0 Å². The molecule has 2 rings (SSSR count). The van der Waals surface area contributed by atoms with Crippen LogP contribution in [0.2, 0.25) is 5.02 Å². The number of carbonyl (C=O) groups is 1. The van der Waals surface area contributed by atoms with Gasteiger partial charge in [0.25, 0.3) is 0 Å². The quantitative estimate of drug-likeness (QED) is 0.715. The first kappa shape index (κ1) is 18.0. The fourth-order valence-electron chi connectivity index (χ4n) is 2.87. The van der Waals surface area contributed by atoms with Crippen molar-refractivity contribution in [2.75, 3.05) is 26.2 Å². The molecule has 0 spiro atoms. The number of aliphatic hydroxyl groups excluding tert-OH is 1. The van der Waals surface area contributed by atoms with Gasteiger partial charge in [-0.1, -0.05) is 23.7 Å². The summed E-state index contributed by atoms with van der Waals surface area (Å²) < 4.78 is 0. The Morgan fingerprint density at radius 2 is 2.09 bits per heavy atom. The Kier molecular flexibility index (Phi) is 7.15. The molecule has 0 aromatic heterocycles. The molecule has 1 saturated heterocycles. The van der Waals surface area contributed by atoms with Gasteiger partial charge in [-0.05, 0) is 57.0 Å². The van der Waals surface area contributed by atoms with E-state index in [1.54, 1.807) is 6.92 Å². The Morgan fingerprint density at radius 3 is 2.74 bits per heavy atom. The second-order valence-electron chi connectivity index (χ2n) is 6.09. The number of aliphatic hydroxyl groups is 1. The van der Waals surface area contributed by atoms with Gasteiger partial charge in [-0.3, -0.25) is 4.90 Å². The number of halogens is 1. The zero-order chi connectivity index (χ0) is 16.7. The second-order valence-corrected chi connectivity index (χ2v) is 6.52. The number of hydrogen-bond acceptors (Lipinski definition) is 3. The SMILES string of the molecule is CC(O)CCNC(=O)NCC(c1cccc(Cl)c1)N1CCCC1. The van der Waals surface area contributed by atoms with Crippen molar-refractivity contribution in [3.8, 4) is 0 Å². The average molecular weight is 340 g/mol. The summed E-state index contributed by atoms with van der Waals surface area (Å²) >= 11 is 6.11. The minimum absolute atomic E-state index is 0.138. The minimum atomic E-state index is -0.404. The predicted octanol–water partition coefficient (Wildman–Crippen LogP) is 2.55. The van der Waals surface area contributed by atoms with Crippen LogP contribution in [-0.2, 0) is 0 Å². The zero-order valence-corrected chi connectivity index (χ0v) is 14.4. The summed E-state index contributed by atoms with van der Waals surface area (Å²) in [5, 5.41) is 15.6. The Labute approximate surface area is 143 Å². The monoisotopic (exact) mass is 339 g/mol. The molecule has 128 valence electrons. The van der Waals surface area contributed by atoms with Crippen LogP contribution in [0.4, 0.5) is 4.79 Å². The van der Waals surface area contributed by atoms with E-state index in [1.807, 2.05) is 18.2 Å². The third-order valence-electron chi connectivity index (χ3n) is 4.12. The van der Waals surface area contributed by atoms with Crippen molar-refractivity contribution in [2.45, 2.75) is 38.3 Å². The van der Waals surface area contributed by atoms with Crippen LogP contribution in [0.5, 0.6) is 0 Å². The Balaban J connectivity index is 1.91. The van der Waals surface area contributed by atoms with E-state index >= 15 is 0 Å². The van der Waals surface area contributed by atoms with Crippen molar-refractivity contribution >= 4 is 17.6 Å². The van der Waals surface area contributed by atoms with Crippen LogP contribution in [0, 0.1) is 0 Å². The fraction of sp³-hybridized carbons (Fsp3) is 0.588. The maximum atomic E-state index is 11.9. The number of amides is 2. The lowest BCUT2D eigenvalue weighted by molar-refractivity contribution is 0.182. The highest BCUT2D eigenvalue weighted by Crippen LogP contribution is 2.26. The summed E-state index contributed by atoms with van der Waals surface area (Å²) in [4.78, 5) is 14.3. The molecule has 0 saturated carbocycles. The normalized spacial score (nSPS) is 17.7. The summed E-state index contributed by atoms with van der Waals surface area (Å²) in [6, 6.07) is 7.78. The van der Waals surface area contributed by atoms with Gasteiger partial charge in [0.1, 0.15) is 0 Å². The van der Waals surface area contributed by atoms with Crippen LogP contribution in [0.25, 0.3) is 0 Å². The van der Waals surface area contributed by atoms with Gasteiger partial charge in [-0.15, -0.1) is 0 Å². The average Bonchev–Trinajstić information content (AvgIpc) is 3.01. The highest BCUT2D eigenvalue weighted by Gasteiger charge is 2.24. The van der Waals surface area contributed by atoms with E-state index in [1.165, 1.54) is 12.8 Å². The molecule has 2 unspecified atom stereocenters. The topological polar surface area (TPSA) is 64.6 Å². The van der Waals surface area contributed by atoms with Crippen LogP contribution in [0.15, 0.2) is 24.3 Å². The predicted molar refractivity (Wildman–Crippen MR) is 92.7 cm³/mol. The number of benzene rings is 1. The van der Waals surface area contributed by atoms with Gasteiger partial charge >= 0.3 is 6.03 Å². The van der Waals surface area contributed by atoms with Crippen molar-refractivity contribution < 1.29 is 9.90 Å². The lowest BCUT2D eigenvalue weighted by atomic mass is 10.1. The van der Waals surface area contributed by atoms with Crippen molar-refractivity contribution in [3.63, 3.8) is 0 Å². The zero-order valence-electron chi connectivity index (χ0n) is 13.6. The van der Waals surface area contributed by atoms with E-state index in [-0.39, 0.29) is 12.1 Å². The molecule has 1 aliphatic heterocycles. The third-order valence-corrected chi connectivity index (χ3v) is 4.35. The fourth-order valence-corrected chi connectivity index (χ4v) is 3.07. The van der Waals surface area contributed by atoms with Crippen LogP contribution in [0.1, 0.15) is 37.8 Å². The van der Waals surface area contributed by atoms with E-state index in [2.05, 4.69) is 21.6 Å². The molecule has 5 nitrogen and oxygen atoms in total. The van der Waals surface area contributed by atoms with Crippen molar-refractivity contribution in [2.24, 2.45) is 0 Å². The van der Waals surface area contributed by atoms with E-state index in [0.717, 1.165) is 18.7 Å². The van der Waals surface area contributed by atoms with E-state index in [4.69, 9.17) is 11.6 Å². The molecule has 1 heterocycles. The molecule has 6 heteroatoms. The van der Waals surface area contributed by atoms with Crippen molar-refractivity contribution in [1.82, 2.24) is 15.5 Å². The molecule has 0 radical (unpaired) electrons. The molecular weight excluding hydrogens is 314 g/mol. The van der Waals surface area contributed by atoms with Gasteiger partial charge < -0.3 is 15.7 Å². The maximum absolute atomic E-state index is 11.9. The highest BCUT2D eigenvalue weighted by atomic mass is 35.5. The van der Waals surface area contributed by atoms with Crippen LogP contribution >= 0.6 is 11.6 Å². The maximum Gasteiger partial charge on any atom is 0.314 e. The molecule has 1 aromatic rings.